The van der Waals surface area contributed by atoms with Crippen molar-refractivity contribution in [3.05, 3.63) is 144 Å². The lowest BCUT2D eigenvalue weighted by molar-refractivity contribution is 0.252. The Hall–Kier alpha value is -7.51. The molecular weight excluding hydrogens is 735 g/mol. The molecule has 0 bridgehead atoms. The Balaban J connectivity index is 1.30. The zero-order valence-corrected chi connectivity index (χ0v) is 33.7. The van der Waals surface area contributed by atoms with Crippen molar-refractivity contribution in [3.8, 4) is 0 Å². The maximum absolute atomic E-state index is 13.9. The molecule has 298 valence electrons. The van der Waals surface area contributed by atoms with Gasteiger partial charge in [-0.3, -0.25) is 39.2 Å². The molecule has 0 N–H and O–H groups in total. The summed E-state index contributed by atoms with van der Waals surface area (Å²) in [7, 11) is 9.87. The van der Waals surface area contributed by atoms with Crippen molar-refractivity contribution in [2.75, 3.05) is 94.7 Å². The van der Waals surface area contributed by atoms with Gasteiger partial charge in [0.25, 0.3) is 0 Å². The van der Waals surface area contributed by atoms with Crippen LogP contribution in [0.5, 0.6) is 0 Å². The number of carbonyl (C=O) groups is 4. The minimum Gasteiger partial charge on any atom is -0.297 e. The van der Waals surface area contributed by atoms with Gasteiger partial charge in [-0.25, -0.2) is 19.2 Å². The first kappa shape index (κ1) is 41.6. The quantitative estimate of drug-likeness (QED) is 0.0747. The molecule has 15 heteroatoms. The summed E-state index contributed by atoms with van der Waals surface area (Å²) in [5, 5.41) is 3.64. The molecule has 0 radical (unpaired) electrons. The van der Waals surface area contributed by atoms with E-state index in [2.05, 4.69) is 10.0 Å². The molecule has 0 heterocycles. The summed E-state index contributed by atoms with van der Waals surface area (Å²) in [4.78, 5) is 69.5. The number of benzene rings is 5. The Bertz CT molecular complexity index is 2280. The number of para-hydroxylation sites is 2. The number of nitrogens with zero attached hydrogens (tertiary/aromatic N) is 11. The number of hydrogen-bond acceptors (Lipinski definition) is 5. The average molecular weight is 782 g/mol. The number of anilines is 8. The summed E-state index contributed by atoms with van der Waals surface area (Å²) in [6.07, 6.45) is 0. The fraction of sp³-hybridized carbons (Fsp3) is 0.209. The van der Waals surface area contributed by atoms with Crippen molar-refractivity contribution in [1.29, 1.82) is 0 Å². The second-order valence-electron chi connectivity index (χ2n) is 13.3. The van der Waals surface area contributed by atoms with Gasteiger partial charge in [0.1, 0.15) is 6.67 Å². The maximum Gasteiger partial charge on any atom is 0.328 e. The fourth-order valence-electron chi connectivity index (χ4n) is 6.20. The summed E-state index contributed by atoms with van der Waals surface area (Å²) in [6, 6.07) is 38.2. The van der Waals surface area contributed by atoms with Crippen molar-refractivity contribution < 1.29 is 19.2 Å². The molecule has 15 nitrogen and oxygen atoms in total. The minimum atomic E-state index is -0.430. The van der Waals surface area contributed by atoms with E-state index in [-0.39, 0.29) is 24.8 Å². The van der Waals surface area contributed by atoms with Crippen LogP contribution >= 0.6 is 0 Å². The van der Waals surface area contributed by atoms with Crippen LogP contribution in [0.25, 0.3) is 10.4 Å². The summed E-state index contributed by atoms with van der Waals surface area (Å²) in [5.41, 5.74) is 13.7. The summed E-state index contributed by atoms with van der Waals surface area (Å²) < 4.78 is 0. The zero-order valence-electron chi connectivity index (χ0n) is 33.7. The highest BCUT2D eigenvalue weighted by Crippen LogP contribution is 2.29. The van der Waals surface area contributed by atoms with Crippen LogP contribution in [0.4, 0.5) is 64.7 Å². The zero-order chi connectivity index (χ0) is 41.9. The van der Waals surface area contributed by atoms with Crippen LogP contribution in [0.15, 0.2) is 139 Å². The van der Waals surface area contributed by atoms with Gasteiger partial charge in [-0.05, 0) is 91.3 Å². The Morgan fingerprint density at radius 2 is 0.741 bits per heavy atom. The highest BCUT2D eigenvalue weighted by molar-refractivity contribution is 6.07. The van der Waals surface area contributed by atoms with Gasteiger partial charge < -0.3 is 0 Å². The molecule has 58 heavy (non-hydrogen) atoms. The predicted molar refractivity (Wildman–Crippen MR) is 234 cm³/mol. The molecule has 0 aromatic heterocycles. The molecule has 5 aromatic rings. The summed E-state index contributed by atoms with van der Waals surface area (Å²) in [5.74, 6) is 0. The van der Waals surface area contributed by atoms with E-state index in [1.165, 1.54) is 29.4 Å². The van der Waals surface area contributed by atoms with Crippen molar-refractivity contribution in [2.24, 2.45) is 5.11 Å². The third kappa shape index (κ3) is 9.29. The molecule has 0 aliphatic carbocycles. The maximum atomic E-state index is 13.9. The van der Waals surface area contributed by atoms with E-state index in [0.29, 0.717) is 46.4 Å². The van der Waals surface area contributed by atoms with Crippen LogP contribution in [-0.2, 0) is 0 Å². The predicted octanol–water partition coefficient (Wildman–Crippen LogP) is 9.49. The largest absolute Gasteiger partial charge is 0.328 e. The SMILES string of the molecule is CCN(C(=O)N(C)c1cccc(N(C)C(=O)N(C)c2cccc(N(C)C(=O)N(C)c3cccc(N(CN=[N+]=[N-])C(=O)N(C)c4ccccc4)c3)c2)c1)c1ccccc1. The van der Waals surface area contributed by atoms with Crippen LogP contribution in [0.2, 0.25) is 0 Å². The lowest BCUT2D eigenvalue weighted by Crippen LogP contribution is -2.42. The molecule has 0 saturated heterocycles. The lowest BCUT2D eigenvalue weighted by Gasteiger charge is -2.30. The van der Waals surface area contributed by atoms with Gasteiger partial charge in [0.05, 0.1) is 0 Å². The number of urea groups is 4. The highest BCUT2D eigenvalue weighted by Gasteiger charge is 2.25. The number of rotatable bonds is 11. The smallest absolute Gasteiger partial charge is 0.297 e. The van der Waals surface area contributed by atoms with E-state index in [0.717, 1.165) is 5.69 Å². The molecule has 0 aliphatic heterocycles. The molecular formula is C43H47N11O4. The topological polar surface area (TPSA) is 143 Å². The number of carbonyl (C=O) groups excluding carboxylic acids is 4. The first-order valence-electron chi connectivity index (χ1n) is 18.4. The van der Waals surface area contributed by atoms with Gasteiger partial charge in [-0.1, -0.05) is 59.7 Å². The fourth-order valence-corrected chi connectivity index (χ4v) is 6.20. The van der Waals surface area contributed by atoms with Gasteiger partial charge in [0.15, 0.2) is 0 Å². The standard InChI is InChI=1S/C43H47N11O4/c1-8-53(33-20-13-10-14-21-33)42(57)52(7)37-25-16-24-36(29-37)50(5)40(55)48(3)34-22-15-23-35(28-34)49(4)41(56)51(6)38-26-17-27-39(30-38)54(31-45-46-44)43(58)47(2)32-18-11-9-12-19-32/h9-30H,8,31H2,1-7H3. The van der Waals surface area contributed by atoms with Gasteiger partial charge in [-0.15, -0.1) is 0 Å². The van der Waals surface area contributed by atoms with Crippen molar-refractivity contribution in [3.63, 3.8) is 0 Å². The third-order valence-electron chi connectivity index (χ3n) is 9.72. The molecule has 5 aromatic carbocycles. The van der Waals surface area contributed by atoms with Crippen molar-refractivity contribution >= 4 is 69.6 Å². The van der Waals surface area contributed by atoms with Gasteiger partial charge in [0, 0.05) is 99.2 Å². The van der Waals surface area contributed by atoms with E-state index in [9.17, 15) is 19.2 Å². The molecule has 0 unspecified atom stereocenters. The molecule has 0 atom stereocenters. The van der Waals surface area contributed by atoms with Gasteiger partial charge in [0.2, 0.25) is 0 Å². The van der Waals surface area contributed by atoms with Crippen LogP contribution in [0.3, 0.4) is 0 Å². The minimum absolute atomic E-state index is 0.208. The molecule has 8 amide bonds. The van der Waals surface area contributed by atoms with Crippen LogP contribution in [0.1, 0.15) is 6.92 Å². The third-order valence-corrected chi connectivity index (χ3v) is 9.72. The summed E-state index contributed by atoms with van der Waals surface area (Å²) >= 11 is 0. The average Bonchev–Trinajstić information content (AvgIpc) is 3.28. The highest BCUT2D eigenvalue weighted by atomic mass is 16.2. The van der Waals surface area contributed by atoms with Crippen LogP contribution < -0.4 is 39.2 Å². The van der Waals surface area contributed by atoms with Crippen molar-refractivity contribution in [2.45, 2.75) is 6.92 Å². The second-order valence-corrected chi connectivity index (χ2v) is 13.3. The first-order valence-corrected chi connectivity index (χ1v) is 18.4. The number of hydrogen-bond donors (Lipinski definition) is 0. The Kier molecular flexibility index (Phi) is 13.6. The Morgan fingerprint density at radius 1 is 0.431 bits per heavy atom. The Morgan fingerprint density at radius 3 is 1.14 bits per heavy atom. The Labute approximate surface area is 338 Å². The number of amides is 8. The lowest BCUT2D eigenvalue weighted by atomic mass is 10.2. The summed E-state index contributed by atoms with van der Waals surface area (Å²) in [6.45, 7) is 2.13. The van der Waals surface area contributed by atoms with Crippen LogP contribution in [-0.4, -0.2) is 79.6 Å². The molecule has 0 spiro atoms. The van der Waals surface area contributed by atoms with E-state index >= 15 is 0 Å². The van der Waals surface area contributed by atoms with Gasteiger partial charge >= 0.3 is 24.1 Å². The second kappa shape index (κ2) is 18.9. The first-order chi connectivity index (χ1) is 27.9. The molecule has 5 rings (SSSR count). The molecule has 0 fully saturated rings. The van der Waals surface area contributed by atoms with Crippen LogP contribution in [0, 0.1) is 0 Å². The normalized spacial score (nSPS) is 10.4. The van der Waals surface area contributed by atoms with E-state index in [1.807, 2.05) is 61.5 Å². The van der Waals surface area contributed by atoms with Crippen molar-refractivity contribution in [1.82, 2.24) is 0 Å². The van der Waals surface area contributed by atoms with E-state index in [1.54, 1.807) is 131 Å². The number of azide groups is 1. The molecule has 0 aliphatic rings. The van der Waals surface area contributed by atoms with E-state index in [4.69, 9.17) is 5.53 Å². The monoisotopic (exact) mass is 781 g/mol. The molecule has 0 saturated carbocycles. The van der Waals surface area contributed by atoms with Gasteiger partial charge in [-0.2, -0.15) is 0 Å². The van der Waals surface area contributed by atoms with E-state index < -0.39 is 6.03 Å².